The van der Waals surface area contributed by atoms with E-state index in [-0.39, 0.29) is 24.8 Å². The molecule has 0 fully saturated rings. The zero-order valence-corrected chi connectivity index (χ0v) is 29.9. The summed E-state index contributed by atoms with van der Waals surface area (Å²) in [7, 11) is 0. The molecule has 272 valence electrons. The number of benzene rings is 4. The number of carbonyl (C=O) groups is 3. The summed E-state index contributed by atoms with van der Waals surface area (Å²) < 4.78 is 22.5. The van der Waals surface area contributed by atoms with Crippen molar-refractivity contribution in [1.82, 2.24) is 0 Å². The van der Waals surface area contributed by atoms with Crippen LogP contribution in [0.15, 0.2) is 121 Å². The molecule has 51 heavy (non-hydrogen) atoms. The van der Waals surface area contributed by atoms with E-state index >= 15 is 0 Å². The number of carbonyl (C=O) groups excluding carboxylic acids is 3. The highest BCUT2D eigenvalue weighted by molar-refractivity contribution is 5.96. The van der Waals surface area contributed by atoms with Crippen LogP contribution in [-0.2, 0) is 46.2 Å². The van der Waals surface area contributed by atoms with Gasteiger partial charge in [0, 0.05) is 24.6 Å². The molecule has 0 N–H and O–H groups in total. The van der Waals surface area contributed by atoms with Crippen LogP contribution in [0.25, 0.3) is 0 Å². The molecule has 0 aliphatic rings. The minimum absolute atomic E-state index is 0.00434. The van der Waals surface area contributed by atoms with E-state index in [0.717, 1.165) is 30.5 Å². The molecule has 0 bridgehead atoms. The number of amides is 2. The minimum atomic E-state index is -0.446. The van der Waals surface area contributed by atoms with Crippen LogP contribution in [-0.4, -0.2) is 77.1 Å². The van der Waals surface area contributed by atoms with Gasteiger partial charge < -0.3 is 33.5 Å². The lowest BCUT2D eigenvalue weighted by atomic mass is 10.2. The van der Waals surface area contributed by atoms with Crippen molar-refractivity contribution in [3.05, 3.63) is 132 Å². The Morgan fingerprint density at radius 1 is 0.569 bits per heavy atom. The summed E-state index contributed by atoms with van der Waals surface area (Å²) in [5, 5.41) is 0. The number of aldehydes is 1. The average molecular weight is 697 g/mol. The van der Waals surface area contributed by atoms with Crippen LogP contribution < -0.4 is 9.80 Å². The molecular formula is C42H52N2O7. The van der Waals surface area contributed by atoms with Gasteiger partial charge in [-0.05, 0) is 62.1 Å². The van der Waals surface area contributed by atoms with E-state index in [1.807, 2.05) is 111 Å². The molecule has 4 aromatic carbocycles. The van der Waals surface area contributed by atoms with Crippen molar-refractivity contribution >= 4 is 29.5 Å². The Labute approximate surface area is 303 Å². The predicted molar refractivity (Wildman–Crippen MR) is 202 cm³/mol. The number of nitrogens with zero attached hydrogens (tertiary/aromatic N) is 2. The maximum atomic E-state index is 12.9. The quantitative estimate of drug-likeness (QED) is 0.0500. The molecule has 0 aliphatic carbocycles. The summed E-state index contributed by atoms with van der Waals surface area (Å²) >= 11 is 0. The molecule has 0 heterocycles. The van der Waals surface area contributed by atoms with Crippen LogP contribution in [0.2, 0.25) is 0 Å². The Balaban J connectivity index is 0.000000281. The third-order valence-electron chi connectivity index (χ3n) is 7.71. The minimum Gasteiger partial charge on any atom is -0.381 e. The molecule has 0 spiro atoms. The maximum absolute atomic E-state index is 12.9. The first-order chi connectivity index (χ1) is 25.0. The average Bonchev–Trinajstić information content (AvgIpc) is 3.17. The first-order valence-electron chi connectivity index (χ1n) is 17.7. The number of hydrogen-bond acceptors (Lipinski definition) is 7. The Morgan fingerprint density at radius 2 is 0.961 bits per heavy atom. The highest BCUT2D eigenvalue weighted by Crippen LogP contribution is 2.17. The predicted octanol–water partition coefficient (Wildman–Crippen LogP) is 6.94. The van der Waals surface area contributed by atoms with Crippen molar-refractivity contribution < 1.29 is 33.3 Å². The van der Waals surface area contributed by atoms with Crippen LogP contribution in [0.4, 0.5) is 11.4 Å². The summed E-state index contributed by atoms with van der Waals surface area (Å²) in [5.74, 6) is -0.113. The van der Waals surface area contributed by atoms with E-state index < -0.39 is 6.29 Å². The van der Waals surface area contributed by atoms with Gasteiger partial charge in [-0.3, -0.25) is 9.59 Å². The van der Waals surface area contributed by atoms with Gasteiger partial charge in [0.25, 0.3) is 0 Å². The second-order valence-corrected chi connectivity index (χ2v) is 11.4. The molecule has 9 heteroatoms. The van der Waals surface area contributed by atoms with Crippen molar-refractivity contribution in [3.8, 4) is 0 Å². The molecule has 2 amide bonds. The summed E-state index contributed by atoms with van der Waals surface area (Å²) in [4.78, 5) is 39.1. The first-order valence-corrected chi connectivity index (χ1v) is 17.7. The van der Waals surface area contributed by atoms with Gasteiger partial charge in [-0.1, -0.05) is 97.1 Å². The van der Waals surface area contributed by atoms with Crippen LogP contribution in [0.3, 0.4) is 0 Å². The van der Waals surface area contributed by atoms with Gasteiger partial charge in [0.1, 0.15) is 6.29 Å². The van der Waals surface area contributed by atoms with Gasteiger partial charge in [0.2, 0.25) is 11.8 Å². The van der Waals surface area contributed by atoms with Gasteiger partial charge in [-0.2, -0.15) is 0 Å². The molecule has 0 radical (unpaired) electrons. The second kappa shape index (κ2) is 25.3. The molecule has 0 saturated heterocycles. The van der Waals surface area contributed by atoms with Gasteiger partial charge >= 0.3 is 0 Å². The monoisotopic (exact) mass is 696 g/mol. The van der Waals surface area contributed by atoms with Gasteiger partial charge in [0.15, 0.2) is 6.29 Å². The molecule has 0 saturated carbocycles. The third-order valence-corrected chi connectivity index (χ3v) is 7.71. The number of anilines is 2. The second-order valence-electron chi connectivity index (χ2n) is 11.4. The molecule has 0 aliphatic heterocycles. The molecule has 0 atom stereocenters. The normalized spacial score (nSPS) is 10.6. The molecule has 0 unspecified atom stereocenters. The van der Waals surface area contributed by atoms with Crippen LogP contribution >= 0.6 is 0 Å². The number of ether oxygens (including phenoxy) is 4. The smallest absolute Gasteiger partial charge is 0.229 e. The first kappa shape index (κ1) is 40.8. The van der Waals surface area contributed by atoms with E-state index in [4.69, 9.17) is 18.9 Å². The van der Waals surface area contributed by atoms with E-state index in [0.29, 0.717) is 52.6 Å². The van der Waals surface area contributed by atoms with Gasteiger partial charge in [0.05, 0.1) is 52.4 Å². The third kappa shape index (κ3) is 16.3. The lowest BCUT2D eigenvalue weighted by molar-refractivity contribution is -0.136. The van der Waals surface area contributed by atoms with E-state index in [1.165, 1.54) is 16.0 Å². The standard InChI is InChI=1S/C23H31NO4.C19H21NO3/c1-3-27-23(28-4-2)19-24(21-13-9-6-10-14-21)22(25)16-18-26-17-15-20-11-7-5-8-12-20;21-14-13-20(18-9-5-2-6-10-18)19(22)12-16-23-15-11-17-7-3-1-4-8-17/h5-14,23H,3-4,15-19H2,1-2H3;1-10,14H,11-13,15-16H2. The zero-order valence-electron chi connectivity index (χ0n) is 29.9. The van der Waals surface area contributed by atoms with Crippen LogP contribution in [0, 0.1) is 0 Å². The van der Waals surface area contributed by atoms with Crippen molar-refractivity contribution in [2.75, 3.05) is 62.5 Å². The van der Waals surface area contributed by atoms with E-state index in [1.54, 1.807) is 4.90 Å². The largest absolute Gasteiger partial charge is 0.381 e. The number of para-hydroxylation sites is 2. The fourth-order valence-electron chi connectivity index (χ4n) is 5.13. The highest BCUT2D eigenvalue weighted by Gasteiger charge is 2.21. The highest BCUT2D eigenvalue weighted by atomic mass is 16.7. The molecule has 4 rings (SSSR count). The Bertz CT molecular complexity index is 1490. The SMILES string of the molecule is CCOC(CN(C(=O)CCOCCc1ccccc1)c1ccccc1)OCC.O=CCN(C(=O)CCOCCc1ccccc1)c1ccccc1. The fourth-order valence-corrected chi connectivity index (χ4v) is 5.13. The molecule has 9 nitrogen and oxygen atoms in total. The Morgan fingerprint density at radius 3 is 1.37 bits per heavy atom. The number of rotatable bonds is 22. The Kier molecular flexibility index (Phi) is 20.2. The number of hydrogen-bond donors (Lipinski definition) is 0. The van der Waals surface area contributed by atoms with Crippen molar-refractivity contribution in [2.24, 2.45) is 0 Å². The van der Waals surface area contributed by atoms with Crippen LogP contribution in [0.1, 0.15) is 37.8 Å². The van der Waals surface area contributed by atoms with Gasteiger partial charge in [-0.25, -0.2) is 0 Å². The lowest BCUT2D eigenvalue weighted by Crippen LogP contribution is -2.40. The van der Waals surface area contributed by atoms with Crippen molar-refractivity contribution in [1.29, 1.82) is 0 Å². The van der Waals surface area contributed by atoms with Gasteiger partial charge in [-0.15, -0.1) is 0 Å². The summed E-state index contributed by atoms with van der Waals surface area (Å²) in [5.41, 5.74) is 4.01. The summed E-state index contributed by atoms with van der Waals surface area (Å²) in [6.45, 7) is 7.24. The van der Waals surface area contributed by atoms with Crippen molar-refractivity contribution in [2.45, 2.75) is 45.8 Å². The zero-order chi connectivity index (χ0) is 36.4. The Hall–Kier alpha value is -4.67. The molecular weight excluding hydrogens is 644 g/mol. The maximum Gasteiger partial charge on any atom is 0.229 e. The topological polar surface area (TPSA) is 94.6 Å². The summed E-state index contributed by atoms with van der Waals surface area (Å²) in [6.07, 6.45) is 2.53. The molecule has 0 aromatic heterocycles. The van der Waals surface area contributed by atoms with E-state index in [9.17, 15) is 14.4 Å². The van der Waals surface area contributed by atoms with Crippen LogP contribution in [0.5, 0.6) is 0 Å². The lowest BCUT2D eigenvalue weighted by Gasteiger charge is -2.27. The molecule has 4 aromatic rings. The van der Waals surface area contributed by atoms with Crippen molar-refractivity contribution in [3.63, 3.8) is 0 Å². The fraction of sp³-hybridized carbons (Fsp3) is 0.357. The summed E-state index contributed by atoms with van der Waals surface area (Å²) in [6, 6.07) is 39.1. The van der Waals surface area contributed by atoms with E-state index in [2.05, 4.69) is 24.3 Å².